The summed E-state index contributed by atoms with van der Waals surface area (Å²) in [5.41, 5.74) is 1.43. The molecule has 2 N–H and O–H groups in total. The van der Waals surface area contributed by atoms with Crippen molar-refractivity contribution in [2.45, 2.75) is 24.8 Å². The van der Waals surface area contributed by atoms with Gasteiger partial charge in [0.05, 0.1) is 4.90 Å². The predicted molar refractivity (Wildman–Crippen MR) is 103 cm³/mol. The molecule has 1 aliphatic rings. The number of amides is 1. The number of carbonyl (C=O) groups excluding carboxylic acids is 1. The monoisotopic (exact) mass is 393 g/mol. The third kappa shape index (κ3) is 4.15. The summed E-state index contributed by atoms with van der Waals surface area (Å²) in [5, 5.41) is 7.92. The molecular weight excluding hydrogens is 370 g/mol. The zero-order valence-electron chi connectivity index (χ0n) is 14.7. The van der Waals surface area contributed by atoms with Crippen LogP contribution in [0.2, 0.25) is 0 Å². The zero-order valence-corrected chi connectivity index (χ0v) is 16.3. The summed E-state index contributed by atoms with van der Waals surface area (Å²) >= 11 is 1.67. The van der Waals surface area contributed by atoms with E-state index in [2.05, 4.69) is 10.6 Å². The minimum absolute atomic E-state index is 0.163. The molecule has 8 heteroatoms. The number of benzene rings is 1. The maximum absolute atomic E-state index is 13.0. The summed E-state index contributed by atoms with van der Waals surface area (Å²) in [6.07, 6.45) is 0.733. The van der Waals surface area contributed by atoms with Crippen LogP contribution in [-0.2, 0) is 23.0 Å². The molecule has 3 rings (SSSR count). The molecule has 0 aliphatic carbocycles. The summed E-state index contributed by atoms with van der Waals surface area (Å²) < 4.78 is 27.5. The largest absolute Gasteiger partial charge is 0.351 e. The molecule has 0 bridgehead atoms. The molecule has 1 aromatic carbocycles. The Hall–Kier alpha value is -1.74. The molecule has 6 nitrogen and oxygen atoms in total. The Morgan fingerprint density at radius 1 is 1.27 bits per heavy atom. The number of thiophene rings is 1. The summed E-state index contributed by atoms with van der Waals surface area (Å²) in [5.74, 6) is -0.265. The number of nitrogens with zero attached hydrogens (tertiary/aromatic N) is 1. The number of nitrogens with one attached hydrogen (secondary N) is 2. The second kappa shape index (κ2) is 8.30. The van der Waals surface area contributed by atoms with Crippen molar-refractivity contribution in [3.05, 3.63) is 51.7 Å². The van der Waals surface area contributed by atoms with Gasteiger partial charge in [0.25, 0.3) is 5.91 Å². The van der Waals surface area contributed by atoms with Gasteiger partial charge >= 0.3 is 0 Å². The lowest BCUT2D eigenvalue weighted by molar-refractivity contribution is 0.0953. The van der Waals surface area contributed by atoms with E-state index in [9.17, 15) is 13.2 Å². The lowest BCUT2D eigenvalue weighted by Crippen LogP contribution is -2.35. The van der Waals surface area contributed by atoms with Gasteiger partial charge in [-0.15, -0.1) is 11.3 Å². The van der Waals surface area contributed by atoms with Crippen LogP contribution in [-0.4, -0.2) is 44.8 Å². The van der Waals surface area contributed by atoms with E-state index in [4.69, 9.17) is 0 Å². The van der Waals surface area contributed by atoms with Crippen molar-refractivity contribution >= 4 is 27.3 Å². The zero-order chi connectivity index (χ0) is 18.6. The Morgan fingerprint density at radius 3 is 2.92 bits per heavy atom. The topological polar surface area (TPSA) is 78.5 Å². The third-order valence-corrected chi connectivity index (χ3v) is 7.21. The van der Waals surface area contributed by atoms with E-state index in [1.165, 1.54) is 15.2 Å². The molecule has 0 fully saturated rings. The smallest absolute Gasteiger partial charge is 0.251 e. The van der Waals surface area contributed by atoms with E-state index in [0.717, 1.165) is 18.5 Å². The van der Waals surface area contributed by atoms with Crippen LogP contribution in [0.3, 0.4) is 0 Å². The van der Waals surface area contributed by atoms with Crippen LogP contribution in [0.4, 0.5) is 0 Å². The lowest BCUT2D eigenvalue weighted by atomic mass is 10.1. The van der Waals surface area contributed by atoms with Crippen molar-refractivity contribution in [1.82, 2.24) is 14.9 Å². The molecule has 0 saturated carbocycles. The summed E-state index contributed by atoms with van der Waals surface area (Å²) in [7, 11) is -3.62. The van der Waals surface area contributed by atoms with Crippen LogP contribution >= 0.6 is 11.3 Å². The van der Waals surface area contributed by atoms with E-state index in [1.54, 1.807) is 29.5 Å². The quantitative estimate of drug-likeness (QED) is 0.704. The predicted octanol–water partition coefficient (Wildman–Crippen LogP) is 1.83. The van der Waals surface area contributed by atoms with Crippen LogP contribution in [0, 0.1) is 0 Å². The molecule has 2 heterocycles. The molecule has 140 valence electrons. The third-order valence-electron chi connectivity index (χ3n) is 4.34. The second-order valence-electron chi connectivity index (χ2n) is 6.09. The van der Waals surface area contributed by atoms with Gasteiger partial charge in [0, 0.05) is 36.6 Å². The standard InChI is InChI=1S/C18H23N3O3S2/c1-2-19-8-9-20-18(22)14-4-3-5-16(12-14)26(23,24)21-10-6-17-15(13-21)7-11-25-17/h3-5,7,11-12,19H,2,6,8-10,13H2,1H3,(H,20,22). The van der Waals surface area contributed by atoms with E-state index in [-0.39, 0.29) is 10.8 Å². The van der Waals surface area contributed by atoms with Crippen LogP contribution in [0.25, 0.3) is 0 Å². The minimum Gasteiger partial charge on any atom is -0.351 e. The van der Waals surface area contributed by atoms with Gasteiger partial charge in [0.1, 0.15) is 0 Å². The van der Waals surface area contributed by atoms with Crippen LogP contribution in [0.5, 0.6) is 0 Å². The number of hydrogen-bond donors (Lipinski definition) is 2. The van der Waals surface area contributed by atoms with Gasteiger partial charge in [0.15, 0.2) is 0 Å². The lowest BCUT2D eigenvalue weighted by Gasteiger charge is -2.26. The van der Waals surface area contributed by atoms with Crippen molar-refractivity contribution in [1.29, 1.82) is 0 Å². The molecule has 0 spiro atoms. The Morgan fingerprint density at radius 2 is 2.12 bits per heavy atom. The molecule has 1 aromatic heterocycles. The van der Waals surface area contributed by atoms with Crippen molar-refractivity contribution in [2.75, 3.05) is 26.2 Å². The highest BCUT2D eigenvalue weighted by Gasteiger charge is 2.29. The molecule has 1 amide bonds. The second-order valence-corrected chi connectivity index (χ2v) is 9.03. The van der Waals surface area contributed by atoms with Crippen molar-refractivity contribution in [3.63, 3.8) is 0 Å². The first-order valence-corrected chi connectivity index (χ1v) is 11.0. The van der Waals surface area contributed by atoms with Gasteiger partial charge in [0.2, 0.25) is 10.0 Å². The maximum Gasteiger partial charge on any atom is 0.251 e. The highest BCUT2D eigenvalue weighted by molar-refractivity contribution is 7.89. The van der Waals surface area contributed by atoms with Gasteiger partial charge < -0.3 is 10.6 Å². The average molecular weight is 394 g/mol. The van der Waals surface area contributed by atoms with Crippen molar-refractivity contribution in [2.24, 2.45) is 0 Å². The molecule has 0 saturated heterocycles. The van der Waals surface area contributed by atoms with Gasteiger partial charge in [-0.05, 0) is 48.2 Å². The Balaban J connectivity index is 1.73. The van der Waals surface area contributed by atoms with Crippen molar-refractivity contribution in [3.8, 4) is 0 Å². The fourth-order valence-corrected chi connectivity index (χ4v) is 5.27. The summed E-state index contributed by atoms with van der Waals surface area (Å²) in [6, 6.07) is 8.24. The summed E-state index contributed by atoms with van der Waals surface area (Å²) in [4.78, 5) is 13.7. The first-order chi connectivity index (χ1) is 12.5. The molecule has 2 aromatic rings. The molecular formula is C18H23N3O3S2. The van der Waals surface area contributed by atoms with E-state index < -0.39 is 10.0 Å². The number of rotatable bonds is 7. The highest BCUT2D eigenvalue weighted by Crippen LogP contribution is 2.28. The van der Waals surface area contributed by atoms with Gasteiger partial charge in [-0.1, -0.05) is 13.0 Å². The maximum atomic E-state index is 13.0. The number of likely N-dealkylation sites (N-methyl/N-ethyl adjacent to an activating group) is 1. The first-order valence-electron chi connectivity index (χ1n) is 8.66. The number of carbonyl (C=O) groups is 1. The van der Waals surface area contributed by atoms with Gasteiger partial charge in [-0.2, -0.15) is 4.31 Å². The van der Waals surface area contributed by atoms with Gasteiger partial charge in [-0.3, -0.25) is 4.79 Å². The fourth-order valence-electron chi connectivity index (χ4n) is 2.92. The van der Waals surface area contributed by atoms with E-state index in [1.807, 2.05) is 18.4 Å². The van der Waals surface area contributed by atoms with E-state index >= 15 is 0 Å². The average Bonchev–Trinajstić information content (AvgIpc) is 3.13. The van der Waals surface area contributed by atoms with Crippen LogP contribution in [0.1, 0.15) is 27.7 Å². The summed E-state index contributed by atoms with van der Waals surface area (Å²) in [6.45, 7) is 4.87. The number of hydrogen-bond acceptors (Lipinski definition) is 5. The van der Waals surface area contributed by atoms with Crippen LogP contribution in [0.15, 0.2) is 40.6 Å². The van der Waals surface area contributed by atoms with Gasteiger partial charge in [-0.25, -0.2) is 8.42 Å². The van der Waals surface area contributed by atoms with Crippen LogP contribution < -0.4 is 10.6 Å². The SMILES string of the molecule is CCNCCNC(=O)c1cccc(S(=O)(=O)N2CCc3sccc3C2)c1. The Kier molecular flexibility index (Phi) is 6.08. The molecule has 0 radical (unpaired) electrons. The Labute approximate surface area is 158 Å². The molecule has 1 aliphatic heterocycles. The highest BCUT2D eigenvalue weighted by atomic mass is 32.2. The molecule has 0 unspecified atom stereocenters. The van der Waals surface area contributed by atoms with Crippen molar-refractivity contribution < 1.29 is 13.2 Å². The molecule has 0 atom stereocenters. The minimum atomic E-state index is -3.62. The Bertz CT molecular complexity index is 877. The first kappa shape index (κ1) is 19.0. The number of sulfonamides is 1. The van der Waals surface area contributed by atoms with E-state index in [0.29, 0.717) is 31.7 Å². The molecule has 26 heavy (non-hydrogen) atoms. The normalized spacial score (nSPS) is 14.8. The fraction of sp³-hybridized carbons (Fsp3) is 0.389. The number of fused-ring (bicyclic) bond motifs is 1.